The van der Waals surface area contributed by atoms with Crippen molar-refractivity contribution in [2.75, 3.05) is 12.1 Å². The number of amides is 3. The van der Waals surface area contributed by atoms with E-state index in [1.54, 1.807) is 48.5 Å². The van der Waals surface area contributed by atoms with Gasteiger partial charge in [-0.15, -0.1) is 0 Å². The molecule has 0 saturated carbocycles. The van der Waals surface area contributed by atoms with E-state index in [-0.39, 0.29) is 25.0 Å². The molecule has 2 fully saturated rings. The first-order valence-corrected chi connectivity index (χ1v) is 13.1. The number of anilines is 1. The summed E-state index contributed by atoms with van der Waals surface area (Å²) in [5.41, 5.74) is 1.99. The molecule has 2 saturated heterocycles. The minimum absolute atomic E-state index is 0.0480. The van der Waals surface area contributed by atoms with Gasteiger partial charge in [-0.1, -0.05) is 35.9 Å². The number of halogens is 1. The molecule has 4 heterocycles. The van der Waals surface area contributed by atoms with Gasteiger partial charge in [-0.05, 0) is 60.4 Å². The number of fused-ring (bicyclic) bond motifs is 5. The Kier molecular flexibility index (Phi) is 5.20. The van der Waals surface area contributed by atoms with Crippen molar-refractivity contribution < 1.29 is 29.0 Å². The predicted octanol–water partition coefficient (Wildman–Crippen LogP) is 3.25. The van der Waals surface area contributed by atoms with Crippen LogP contribution in [0.4, 0.5) is 5.69 Å². The molecule has 39 heavy (non-hydrogen) atoms. The van der Waals surface area contributed by atoms with Crippen molar-refractivity contribution >= 4 is 35.0 Å². The highest BCUT2D eigenvalue weighted by Gasteiger charge is 2.70. The maximum Gasteiger partial charge on any atom is 0.250 e. The summed E-state index contributed by atoms with van der Waals surface area (Å²) < 4.78 is 10.9. The summed E-state index contributed by atoms with van der Waals surface area (Å²) in [4.78, 5) is 43.1. The van der Waals surface area contributed by atoms with Crippen molar-refractivity contribution in [2.24, 2.45) is 11.8 Å². The summed E-state index contributed by atoms with van der Waals surface area (Å²) in [5, 5.41) is 16.4. The van der Waals surface area contributed by atoms with Crippen molar-refractivity contribution in [3.8, 4) is 17.2 Å². The van der Waals surface area contributed by atoms with E-state index in [0.29, 0.717) is 39.8 Å². The number of nitrogens with one attached hydrogen (secondary N) is 2. The summed E-state index contributed by atoms with van der Waals surface area (Å²) >= 11 is 6.52. The van der Waals surface area contributed by atoms with Gasteiger partial charge in [0.05, 0.1) is 29.1 Å². The fraction of sp³-hybridized carbons (Fsp3) is 0.276. The molecule has 0 aliphatic carbocycles. The standard InChI is InChI=1S/C29H24ClN3O6/c1-14-8-18-25(19(30)9-14)31-28(37)29(18)24-23(20(32-29)10-15-2-5-17(34)6-3-15)26(35)33(27(24)36)12-16-4-7-21-22(11-16)39-13-38-21/h2-9,11,20,23-24,32,34H,10,12-13H2,1H3,(H,31,37)/t20-,23-,24-,29+/m1/s1. The molecule has 3 amide bonds. The fourth-order valence-electron chi connectivity index (χ4n) is 6.49. The van der Waals surface area contributed by atoms with E-state index in [0.717, 1.165) is 11.1 Å². The summed E-state index contributed by atoms with van der Waals surface area (Å²) in [6.45, 7) is 2.04. The Morgan fingerprint density at radius 3 is 2.54 bits per heavy atom. The molecule has 4 aliphatic rings. The molecule has 3 N–H and O–H groups in total. The Bertz CT molecular complexity index is 1570. The number of carbonyl (C=O) groups is 3. The van der Waals surface area contributed by atoms with Gasteiger partial charge in [0.1, 0.15) is 11.3 Å². The maximum absolute atomic E-state index is 14.1. The average molecular weight is 546 g/mol. The molecule has 0 aromatic heterocycles. The number of phenolic OH excluding ortho intramolecular Hbond substituents is 1. The van der Waals surface area contributed by atoms with Crippen molar-refractivity contribution in [3.05, 3.63) is 81.9 Å². The molecule has 9 nitrogen and oxygen atoms in total. The largest absolute Gasteiger partial charge is 0.508 e. The number of phenols is 1. The van der Waals surface area contributed by atoms with Crippen LogP contribution in [0.3, 0.4) is 0 Å². The van der Waals surface area contributed by atoms with Gasteiger partial charge in [0.2, 0.25) is 24.5 Å². The molecular formula is C29H24ClN3O6. The normalized spacial score (nSPS) is 26.4. The van der Waals surface area contributed by atoms with Crippen molar-refractivity contribution in [1.82, 2.24) is 10.2 Å². The zero-order valence-corrected chi connectivity index (χ0v) is 21.6. The van der Waals surface area contributed by atoms with Crippen LogP contribution in [0.15, 0.2) is 54.6 Å². The molecule has 10 heteroatoms. The van der Waals surface area contributed by atoms with Gasteiger partial charge in [0, 0.05) is 11.6 Å². The Morgan fingerprint density at radius 2 is 1.74 bits per heavy atom. The van der Waals surface area contributed by atoms with E-state index in [9.17, 15) is 19.5 Å². The van der Waals surface area contributed by atoms with E-state index in [2.05, 4.69) is 10.6 Å². The lowest BCUT2D eigenvalue weighted by Gasteiger charge is -2.30. The van der Waals surface area contributed by atoms with E-state index >= 15 is 0 Å². The van der Waals surface area contributed by atoms with Crippen LogP contribution in [0.25, 0.3) is 0 Å². The molecule has 0 unspecified atom stereocenters. The first-order valence-electron chi connectivity index (χ1n) is 12.7. The third-order valence-electron chi connectivity index (χ3n) is 8.18. The highest BCUT2D eigenvalue weighted by molar-refractivity contribution is 6.35. The minimum Gasteiger partial charge on any atom is -0.508 e. The monoisotopic (exact) mass is 545 g/mol. The van der Waals surface area contributed by atoms with Gasteiger partial charge < -0.3 is 19.9 Å². The van der Waals surface area contributed by atoms with Gasteiger partial charge in [-0.2, -0.15) is 0 Å². The number of carbonyl (C=O) groups excluding carboxylic acids is 3. The molecule has 3 aromatic carbocycles. The van der Waals surface area contributed by atoms with Crippen molar-refractivity contribution in [2.45, 2.75) is 31.5 Å². The summed E-state index contributed by atoms with van der Waals surface area (Å²) in [5.74, 6) is -1.60. The predicted molar refractivity (Wildman–Crippen MR) is 140 cm³/mol. The van der Waals surface area contributed by atoms with Gasteiger partial charge >= 0.3 is 0 Å². The van der Waals surface area contributed by atoms with Crippen LogP contribution < -0.4 is 20.1 Å². The Morgan fingerprint density at radius 1 is 1.00 bits per heavy atom. The molecule has 4 aliphatic heterocycles. The van der Waals surface area contributed by atoms with Crippen LogP contribution in [-0.2, 0) is 32.9 Å². The zero-order chi connectivity index (χ0) is 27.1. The zero-order valence-electron chi connectivity index (χ0n) is 20.9. The number of hydrogen-bond donors (Lipinski definition) is 3. The second-order valence-electron chi connectivity index (χ2n) is 10.5. The maximum atomic E-state index is 14.1. The number of hydrogen-bond acceptors (Lipinski definition) is 7. The number of ether oxygens (including phenoxy) is 2. The number of aryl methyl sites for hydroxylation is 1. The average Bonchev–Trinajstić information content (AvgIpc) is 3.63. The van der Waals surface area contributed by atoms with Crippen LogP contribution in [0, 0.1) is 18.8 Å². The smallest absolute Gasteiger partial charge is 0.250 e. The fourth-order valence-corrected chi connectivity index (χ4v) is 6.81. The van der Waals surface area contributed by atoms with Crippen molar-refractivity contribution in [1.29, 1.82) is 0 Å². The Hall–Kier alpha value is -4.08. The minimum atomic E-state index is -1.45. The number of likely N-dealkylation sites (tertiary alicyclic amines) is 1. The third-order valence-corrected chi connectivity index (χ3v) is 8.48. The number of imide groups is 1. The first-order chi connectivity index (χ1) is 18.8. The molecule has 4 atom stereocenters. The second-order valence-corrected chi connectivity index (χ2v) is 10.9. The topological polar surface area (TPSA) is 117 Å². The van der Waals surface area contributed by atoms with Gasteiger partial charge in [-0.3, -0.25) is 24.6 Å². The summed E-state index contributed by atoms with van der Waals surface area (Å²) in [6, 6.07) is 15.1. The highest BCUT2D eigenvalue weighted by atomic mass is 35.5. The molecule has 7 rings (SSSR count). The van der Waals surface area contributed by atoms with Crippen LogP contribution in [0.2, 0.25) is 5.02 Å². The number of benzene rings is 3. The molecule has 0 radical (unpaired) electrons. The lowest BCUT2D eigenvalue weighted by atomic mass is 9.76. The quantitative estimate of drug-likeness (QED) is 0.431. The lowest BCUT2D eigenvalue weighted by Crippen LogP contribution is -2.53. The van der Waals surface area contributed by atoms with E-state index < -0.39 is 35.2 Å². The van der Waals surface area contributed by atoms with E-state index in [1.807, 2.05) is 13.0 Å². The number of rotatable bonds is 4. The Balaban J connectivity index is 1.31. The molecule has 1 spiro atoms. The lowest BCUT2D eigenvalue weighted by molar-refractivity contribution is -0.143. The van der Waals surface area contributed by atoms with Gasteiger partial charge in [0.25, 0.3) is 0 Å². The van der Waals surface area contributed by atoms with Gasteiger partial charge in [0.15, 0.2) is 11.5 Å². The van der Waals surface area contributed by atoms with Crippen LogP contribution in [0.5, 0.6) is 17.2 Å². The van der Waals surface area contributed by atoms with Gasteiger partial charge in [-0.25, -0.2) is 0 Å². The number of aromatic hydroxyl groups is 1. The molecule has 3 aromatic rings. The van der Waals surface area contributed by atoms with Crippen LogP contribution in [0.1, 0.15) is 22.3 Å². The third kappa shape index (κ3) is 3.46. The molecular weight excluding hydrogens is 522 g/mol. The second kappa shape index (κ2) is 8.46. The van der Waals surface area contributed by atoms with Crippen molar-refractivity contribution in [3.63, 3.8) is 0 Å². The SMILES string of the molecule is Cc1cc(Cl)c2c(c1)[C@@]1(N[C@H](Cc3ccc(O)cc3)[C@H]3C(=O)N(Cc4ccc5c(c4)OCO5)C(=O)[C@@H]31)C(=O)N2. The summed E-state index contributed by atoms with van der Waals surface area (Å²) in [6.07, 6.45) is 0.377. The van der Waals surface area contributed by atoms with Crippen LogP contribution in [-0.4, -0.2) is 40.6 Å². The summed E-state index contributed by atoms with van der Waals surface area (Å²) in [7, 11) is 0. The molecule has 198 valence electrons. The van der Waals surface area contributed by atoms with E-state index in [1.165, 1.54) is 4.90 Å². The van der Waals surface area contributed by atoms with E-state index in [4.69, 9.17) is 21.1 Å². The van der Waals surface area contributed by atoms with Crippen LogP contribution >= 0.6 is 11.6 Å². The first kappa shape index (κ1) is 24.0. The molecule has 0 bridgehead atoms. The highest BCUT2D eigenvalue weighted by Crippen LogP contribution is 2.55. The Labute approximate surface area is 228 Å². The number of nitrogens with zero attached hydrogens (tertiary/aromatic N) is 1.